The standard InChI is InChI=1S/C20H20FNO3S/c1-12(23)14-5-3-6-15(11-14)25-13(2)20(24)22-18-9-10-26-19-16(18)7-4-8-17(19)21/h3-8,11,13,18H,9-10H2,1-2H3,(H,22,24). The van der Waals surface area contributed by atoms with Gasteiger partial charge in [-0.1, -0.05) is 24.3 Å². The molecule has 6 heteroatoms. The number of hydrogen-bond acceptors (Lipinski definition) is 4. The van der Waals surface area contributed by atoms with Crippen molar-refractivity contribution in [3.8, 4) is 5.75 Å². The van der Waals surface area contributed by atoms with E-state index in [0.29, 0.717) is 16.2 Å². The number of carbonyl (C=O) groups excluding carboxylic acids is 2. The van der Waals surface area contributed by atoms with Crippen LogP contribution in [-0.2, 0) is 4.79 Å². The summed E-state index contributed by atoms with van der Waals surface area (Å²) in [7, 11) is 0. The summed E-state index contributed by atoms with van der Waals surface area (Å²) in [6, 6.07) is 11.4. The number of fused-ring (bicyclic) bond motifs is 1. The van der Waals surface area contributed by atoms with Gasteiger partial charge >= 0.3 is 0 Å². The fourth-order valence-corrected chi connectivity index (χ4v) is 4.01. The highest BCUT2D eigenvalue weighted by Gasteiger charge is 2.26. The molecule has 2 atom stereocenters. The van der Waals surface area contributed by atoms with E-state index in [-0.39, 0.29) is 23.5 Å². The molecule has 2 unspecified atom stereocenters. The molecule has 1 N–H and O–H groups in total. The Balaban J connectivity index is 1.68. The minimum absolute atomic E-state index is 0.0640. The lowest BCUT2D eigenvalue weighted by Crippen LogP contribution is -2.39. The smallest absolute Gasteiger partial charge is 0.261 e. The average molecular weight is 373 g/mol. The summed E-state index contributed by atoms with van der Waals surface area (Å²) in [5.74, 6) is 0.619. The van der Waals surface area contributed by atoms with Gasteiger partial charge < -0.3 is 10.1 Å². The summed E-state index contributed by atoms with van der Waals surface area (Å²) in [4.78, 5) is 24.6. The maximum atomic E-state index is 13.9. The Morgan fingerprint density at radius 3 is 2.81 bits per heavy atom. The van der Waals surface area contributed by atoms with Gasteiger partial charge in [0.15, 0.2) is 11.9 Å². The first-order chi connectivity index (χ1) is 12.5. The molecule has 2 aromatic carbocycles. The molecule has 0 aliphatic carbocycles. The lowest BCUT2D eigenvalue weighted by atomic mass is 10.0. The van der Waals surface area contributed by atoms with Gasteiger partial charge in [0.25, 0.3) is 5.91 Å². The SMILES string of the molecule is CC(=O)c1cccc(OC(C)C(=O)NC2CCSc3c(F)cccc32)c1. The molecule has 1 aliphatic heterocycles. The Labute approximate surface area is 156 Å². The van der Waals surface area contributed by atoms with Crippen molar-refractivity contribution in [2.24, 2.45) is 0 Å². The Kier molecular flexibility index (Phi) is 5.61. The number of thioether (sulfide) groups is 1. The van der Waals surface area contributed by atoms with Gasteiger partial charge in [0, 0.05) is 16.2 Å². The highest BCUT2D eigenvalue weighted by Crippen LogP contribution is 2.37. The molecule has 0 spiro atoms. The third kappa shape index (κ3) is 4.07. The Hall–Kier alpha value is -2.34. The van der Waals surface area contributed by atoms with Gasteiger partial charge in [0.2, 0.25) is 0 Å². The molecule has 26 heavy (non-hydrogen) atoms. The molecule has 4 nitrogen and oxygen atoms in total. The molecule has 1 aliphatic rings. The molecular weight excluding hydrogens is 353 g/mol. The number of halogens is 1. The first-order valence-electron chi connectivity index (χ1n) is 8.45. The van der Waals surface area contributed by atoms with Gasteiger partial charge in [-0.3, -0.25) is 9.59 Å². The zero-order valence-electron chi connectivity index (χ0n) is 14.6. The average Bonchev–Trinajstić information content (AvgIpc) is 2.62. The Morgan fingerprint density at radius 2 is 2.04 bits per heavy atom. The molecule has 3 rings (SSSR count). The van der Waals surface area contributed by atoms with Crippen molar-refractivity contribution in [1.29, 1.82) is 0 Å². The second-order valence-corrected chi connectivity index (χ2v) is 7.31. The highest BCUT2D eigenvalue weighted by molar-refractivity contribution is 7.99. The van der Waals surface area contributed by atoms with Crippen LogP contribution in [0, 0.1) is 5.82 Å². The molecular formula is C20H20FNO3S. The zero-order chi connectivity index (χ0) is 18.7. The number of ether oxygens (including phenoxy) is 1. The third-order valence-electron chi connectivity index (χ3n) is 4.26. The van der Waals surface area contributed by atoms with Crippen LogP contribution in [-0.4, -0.2) is 23.5 Å². The number of carbonyl (C=O) groups is 2. The van der Waals surface area contributed by atoms with Crippen LogP contribution in [0.25, 0.3) is 0 Å². The molecule has 0 radical (unpaired) electrons. The van der Waals surface area contributed by atoms with Gasteiger partial charge in [0.1, 0.15) is 11.6 Å². The quantitative estimate of drug-likeness (QED) is 0.800. The van der Waals surface area contributed by atoms with Gasteiger partial charge in [0.05, 0.1) is 6.04 Å². The highest BCUT2D eigenvalue weighted by atomic mass is 32.2. The van der Waals surface area contributed by atoms with E-state index in [1.54, 1.807) is 37.3 Å². The van der Waals surface area contributed by atoms with Crippen LogP contribution in [0.5, 0.6) is 5.75 Å². The molecule has 1 amide bonds. The number of nitrogens with one attached hydrogen (secondary N) is 1. The van der Waals surface area contributed by atoms with Crippen LogP contribution in [0.4, 0.5) is 4.39 Å². The number of Topliss-reactive ketones (excluding diaryl/α,β-unsaturated/α-hetero) is 1. The molecule has 0 aromatic heterocycles. The maximum Gasteiger partial charge on any atom is 0.261 e. The molecule has 0 saturated carbocycles. The van der Waals surface area contributed by atoms with E-state index in [1.807, 2.05) is 6.07 Å². The predicted octanol–water partition coefficient (Wildman–Crippen LogP) is 4.15. The van der Waals surface area contributed by atoms with E-state index in [1.165, 1.54) is 24.8 Å². The number of benzene rings is 2. The Bertz CT molecular complexity index is 840. The molecule has 2 aromatic rings. The van der Waals surface area contributed by atoms with Crippen molar-refractivity contribution in [1.82, 2.24) is 5.32 Å². The summed E-state index contributed by atoms with van der Waals surface area (Å²) in [6.07, 6.45) is 0.00292. The molecule has 136 valence electrons. The van der Waals surface area contributed by atoms with Crippen molar-refractivity contribution in [3.63, 3.8) is 0 Å². The fourth-order valence-electron chi connectivity index (χ4n) is 2.87. The number of ketones is 1. The van der Waals surface area contributed by atoms with Gasteiger partial charge in [-0.05, 0) is 44.0 Å². The van der Waals surface area contributed by atoms with Crippen LogP contribution < -0.4 is 10.1 Å². The topological polar surface area (TPSA) is 55.4 Å². The van der Waals surface area contributed by atoms with Crippen molar-refractivity contribution < 1.29 is 18.7 Å². The number of hydrogen-bond donors (Lipinski definition) is 1. The van der Waals surface area contributed by atoms with E-state index in [9.17, 15) is 14.0 Å². The minimum Gasteiger partial charge on any atom is -0.481 e. The zero-order valence-corrected chi connectivity index (χ0v) is 15.4. The molecule has 0 bridgehead atoms. The summed E-state index contributed by atoms with van der Waals surface area (Å²) in [5.41, 5.74) is 1.34. The maximum absolute atomic E-state index is 13.9. The number of rotatable bonds is 5. The van der Waals surface area contributed by atoms with Gasteiger partial charge in [-0.15, -0.1) is 11.8 Å². The van der Waals surface area contributed by atoms with Crippen LogP contribution in [0.1, 0.15) is 42.2 Å². The van der Waals surface area contributed by atoms with Crippen LogP contribution >= 0.6 is 11.8 Å². The normalized spacial score (nSPS) is 17.1. The van der Waals surface area contributed by atoms with Crippen molar-refractivity contribution in [3.05, 3.63) is 59.4 Å². The second-order valence-electron chi connectivity index (χ2n) is 6.20. The largest absolute Gasteiger partial charge is 0.481 e. The van der Waals surface area contributed by atoms with E-state index in [0.717, 1.165) is 17.7 Å². The molecule has 0 saturated heterocycles. The van der Waals surface area contributed by atoms with Crippen molar-refractivity contribution in [2.45, 2.75) is 37.3 Å². The summed E-state index contributed by atoms with van der Waals surface area (Å²) >= 11 is 1.47. The monoisotopic (exact) mass is 373 g/mol. The lowest BCUT2D eigenvalue weighted by Gasteiger charge is -2.27. The van der Waals surface area contributed by atoms with Crippen molar-refractivity contribution in [2.75, 3.05) is 5.75 Å². The molecule has 0 fully saturated rings. The van der Waals surface area contributed by atoms with E-state index in [4.69, 9.17) is 4.74 Å². The lowest BCUT2D eigenvalue weighted by molar-refractivity contribution is -0.128. The van der Waals surface area contributed by atoms with Crippen LogP contribution in [0.2, 0.25) is 0 Å². The third-order valence-corrected chi connectivity index (χ3v) is 5.42. The van der Waals surface area contributed by atoms with E-state index < -0.39 is 6.10 Å². The predicted molar refractivity (Wildman–Crippen MR) is 99.2 cm³/mol. The Morgan fingerprint density at radius 1 is 1.27 bits per heavy atom. The van der Waals surface area contributed by atoms with Gasteiger partial charge in [-0.2, -0.15) is 0 Å². The van der Waals surface area contributed by atoms with Crippen LogP contribution in [0.3, 0.4) is 0 Å². The number of amides is 1. The summed E-state index contributed by atoms with van der Waals surface area (Å²) < 4.78 is 19.6. The van der Waals surface area contributed by atoms with E-state index >= 15 is 0 Å². The summed E-state index contributed by atoms with van der Waals surface area (Å²) in [6.45, 7) is 3.13. The first kappa shape index (κ1) is 18.5. The minimum atomic E-state index is -0.733. The second kappa shape index (κ2) is 7.91. The first-order valence-corrected chi connectivity index (χ1v) is 9.43. The fraction of sp³-hybridized carbons (Fsp3) is 0.300. The van der Waals surface area contributed by atoms with Crippen LogP contribution in [0.15, 0.2) is 47.4 Å². The van der Waals surface area contributed by atoms with Gasteiger partial charge in [-0.25, -0.2) is 4.39 Å². The van der Waals surface area contributed by atoms with E-state index in [2.05, 4.69) is 5.32 Å². The van der Waals surface area contributed by atoms with Crippen molar-refractivity contribution >= 4 is 23.5 Å². The summed E-state index contributed by atoms with van der Waals surface area (Å²) in [5, 5.41) is 2.95. The molecule has 1 heterocycles.